The van der Waals surface area contributed by atoms with Gasteiger partial charge in [0.2, 0.25) is 5.69 Å². The number of hydrogen-bond acceptors (Lipinski definition) is 0. The highest BCUT2D eigenvalue weighted by Gasteiger charge is 2.23. The zero-order chi connectivity index (χ0) is 20.9. The molecule has 2 rings (SSSR count). The Bertz CT molecular complexity index is 880. The van der Waals surface area contributed by atoms with Gasteiger partial charge in [-0.25, -0.2) is 8.96 Å². The van der Waals surface area contributed by atoms with E-state index in [1.54, 1.807) is 32.9 Å². The van der Waals surface area contributed by atoms with E-state index in [2.05, 4.69) is 19.6 Å². The van der Waals surface area contributed by atoms with Crippen molar-refractivity contribution < 1.29 is 13.1 Å². The Hall–Kier alpha value is -1.48. The van der Waals surface area contributed by atoms with Gasteiger partial charge in [0.05, 0.1) is 15.0 Å². The van der Waals surface area contributed by atoms with Crippen molar-refractivity contribution in [3.63, 3.8) is 0 Å². The van der Waals surface area contributed by atoms with E-state index >= 15 is 0 Å². The molecule has 0 aliphatic rings. The molecule has 0 aliphatic heterocycles. The van der Waals surface area contributed by atoms with Crippen LogP contribution in [0.15, 0.2) is 30.4 Å². The Morgan fingerprint density at radius 3 is 2.42 bits per heavy atom. The number of aromatic nitrogens is 1. The molecule has 3 heteroatoms. The first-order valence-corrected chi connectivity index (χ1v) is 11.9. The third-order valence-electron chi connectivity index (χ3n) is 3.97. The minimum atomic E-state index is -1.79. The highest BCUT2D eigenvalue weighted by atomic mass is 28.3. The lowest BCUT2D eigenvalue weighted by atomic mass is 9.86. The Morgan fingerprint density at radius 1 is 1.25 bits per heavy atom. The maximum atomic E-state index is 15.0. The van der Waals surface area contributed by atoms with Crippen LogP contribution >= 0.6 is 0 Å². The van der Waals surface area contributed by atoms with Crippen LogP contribution in [0.3, 0.4) is 0 Å². The van der Waals surface area contributed by atoms with Gasteiger partial charge in [0, 0.05) is 14.0 Å². The van der Waals surface area contributed by atoms with E-state index < -0.39 is 25.7 Å². The highest BCUT2D eigenvalue weighted by Crippen LogP contribution is 2.28. The predicted molar refractivity (Wildman–Crippen MR) is 104 cm³/mol. The minimum absolute atomic E-state index is 0.0868. The van der Waals surface area contributed by atoms with Gasteiger partial charge >= 0.3 is 0 Å². The largest absolute Gasteiger partial charge is 0.212 e. The second-order valence-corrected chi connectivity index (χ2v) is 13.6. The molecule has 130 valence electrons. The molecule has 1 aromatic carbocycles. The maximum Gasteiger partial charge on any atom is 0.212 e. The number of nitrogens with zero attached hydrogens (tertiary/aromatic N) is 1. The predicted octanol–water partition coefficient (Wildman–Crippen LogP) is 4.76. The van der Waals surface area contributed by atoms with Crippen LogP contribution in [0.4, 0.5) is 4.39 Å². The number of hydrogen-bond donors (Lipinski definition) is 0. The standard InChI is InChI=1S/C21H31FNSi/c1-15-11-16(13-21(2,3)4)19(22)12-18(15)20-10-9-17(14-23(20)5)24(6,7)8/h9-12,14H,13H2,1-8H3/q+1/i9D,13D2. The first-order chi connectivity index (χ1) is 12.1. The molecule has 0 saturated carbocycles. The van der Waals surface area contributed by atoms with Gasteiger partial charge in [-0.15, -0.1) is 0 Å². The van der Waals surface area contributed by atoms with Gasteiger partial charge < -0.3 is 0 Å². The zero-order valence-corrected chi connectivity index (χ0v) is 17.1. The first-order valence-electron chi connectivity index (χ1n) is 9.89. The summed E-state index contributed by atoms with van der Waals surface area (Å²) in [6, 6.07) is 5.31. The van der Waals surface area contributed by atoms with Gasteiger partial charge in [-0.2, -0.15) is 0 Å². The third-order valence-corrected chi connectivity index (χ3v) is 5.86. The van der Waals surface area contributed by atoms with Gasteiger partial charge in [0.15, 0.2) is 6.20 Å². The van der Waals surface area contributed by atoms with Crippen molar-refractivity contribution >= 4 is 13.3 Å². The summed E-state index contributed by atoms with van der Waals surface area (Å²) in [5.74, 6) is -0.545. The smallest absolute Gasteiger partial charge is 0.207 e. The summed E-state index contributed by atoms with van der Waals surface area (Å²) in [4.78, 5) is 0. The average molecular weight is 348 g/mol. The number of rotatable bonds is 3. The van der Waals surface area contributed by atoms with Gasteiger partial charge in [0.25, 0.3) is 0 Å². The SMILES string of the molecule is [2H]c1cc(-c2cc(F)c(C([2H])([2H])C(C)(C)C)cc2C)[n+](C)cc1[Si](C)(C)C. The number of benzene rings is 1. The van der Waals surface area contributed by atoms with Gasteiger partial charge in [-0.05, 0) is 35.9 Å². The van der Waals surface area contributed by atoms with Crippen molar-refractivity contribution in [1.29, 1.82) is 0 Å². The van der Waals surface area contributed by atoms with E-state index in [-0.39, 0.29) is 5.56 Å². The number of pyridine rings is 1. The summed E-state index contributed by atoms with van der Waals surface area (Å²) in [7, 11) is 0.270. The molecule has 0 N–H and O–H groups in total. The second kappa shape index (κ2) is 6.44. The lowest BCUT2D eigenvalue weighted by Gasteiger charge is -2.20. The van der Waals surface area contributed by atoms with Crippen LogP contribution in [0, 0.1) is 18.2 Å². The van der Waals surface area contributed by atoms with E-state index in [0.717, 1.165) is 16.4 Å². The van der Waals surface area contributed by atoms with Crippen molar-refractivity contribution in [2.45, 2.75) is 53.7 Å². The molecule has 0 amide bonds. The Balaban J connectivity index is 2.66. The summed E-state index contributed by atoms with van der Waals surface area (Å²) in [5, 5.41) is 1.06. The van der Waals surface area contributed by atoms with Crippen molar-refractivity contribution in [2.24, 2.45) is 12.5 Å². The van der Waals surface area contributed by atoms with Crippen molar-refractivity contribution in [1.82, 2.24) is 0 Å². The van der Waals surface area contributed by atoms with Gasteiger partial charge in [-0.3, -0.25) is 0 Å². The molecule has 1 aromatic heterocycles. The van der Waals surface area contributed by atoms with Crippen LogP contribution in [-0.4, -0.2) is 8.07 Å². The molecular formula is C21H31FNSi+. The number of aryl methyl sites for hydroxylation is 2. The first kappa shape index (κ1) is 14.8. The average Bonchev–Trinajstić information content (AvgIpc) is 2.48. The topological polar surface area (TPSA) is 3.88 Å². The molecule has 0 bridgehead atoms. The van der Waals surface area contributed by atoms with Crippen LogP contribution in [0.5, 0.6) is 0 Å². The molecule has 2 aromatic rings. The molecule has 0 unspecified atom stereocenters. The molecule has 1 heterocycles. The van der Waals surface area contributed by atoms with E-state index in [1.165, 1.54) is 6.07 Å². The molecule has 0 aliphatic carbocycles. The van der Waals surface area contributed by atoms with Crippen LogP contribution in [-0.2, 0) is 13.4 Å². The van der Waals surface area contributed by atoms with Crippen LogP contribution in [0.1, 0.15) is 36.0 Å². The Morgan fingerprint density at radius 2 is 1.88 bits per heavy atom. The molecule has 0 saturated heterocycles. The van der Waals surface area contributed by atoms with Gasteiger partial charge in [-0.1, -0.05) is 52.5 Å². The molecule has 0 fully saturated rings. The fourth-order valence-electron chi connectivity index (χ4n) is 2.68. The third kappa shape index (κ3) is 4.32. The lowest BCUT2D eigenvalue weighted by Crippen LogP contribution is -2.45. The summed E-state index contributed by atoms with van der Waals surface area (Å²) in [6.07, 6.45) is 0.203. The highest BCUT2D eigenvalue weighted by molar-refractivity contribution is 6.88. The maximum absolute atomic E-state index is 15.0. The lowest BCUT2D eigenvalue weighted by molar-refractivity contribution is -0.659. The second-order valence-electron chi connectivity index (χ2n) is 8.60. The molecule has 0 spiro atoms. The molecule has 24 heavy (non-hydrogen) atoms. The van der Waals surface area contributed by atoms with E-state index in [0.29, 0.717) is 11.6 Å². The molecular weight excluding hydrogens is 313 g/mol. The van der Waals surface area contributed by atoms with Crippen molar-refractivity contribution in [3.8, 4) is 11.3 Å². The number of halogens is 1. The molecule has 0 radical (unpaired) electrons. The van der Waals surface area contributed by atoms with E-state index in [9.17, 15) is 4.39 Å². The van der Waals surface area contributed by atoms with Crippen molar-refractivity contribution in [3.05, 3.63) is 47.4 Å². The monoisotopic (exact) mass is 347 g/mol. The van der Waals surface area contributed by atoms with Crippen LogP contribution < -0.4 is 9.75 Å². The fraction of sp³-hybridized carbons (Fsp3) is 0.476. The van der Waals surface area contributed by atoms with Crippen LogP contribution in [0.2, 0.25) is 19.6 Å². The zero-order valence-electron chi connectivity index (χ0n) is 19.1. The summed E-state index contributed by atoms with van der Waals surface area (Å²) in [5.41, 5.74) is 1.62. The van der Waals surface area contributed by atoms with Gasteiger partial charge in [0.1, 0.15) is 12.9 Å². The Kier molecular flexibility index (Phi) is 3.98. The summed E-state index contributed by atoms with van der Waals surface area (Å²) < 4.78 is 42.1. The summed E-state index contributed by atoms with van der Waals surface area (Å²) in [6.45, 7) is 13.8. The van der Waals surface area contributed by atoms with Crippen LogP contribution in [0.25, 0.3) is 11.3 Å². The summed E-state index contributed by atoms with van der Waals surface area (Å²) >= 11 is 0. The Labute approximate surface area is 151 Å². The van der Waals surface area contributed by atoms with E-state index in [4.69, 9.17) is 4.11 Å². The quantitative estimate of drug-likeness (QED) is 0.557. The fourth-order valence-corrected chi connectivity index (χ4v) is 3.77. The minimum Gasteiger partial charge on any atom is -0.207 e. The molecule has 1 nitrogen and oxygen atoms in total. The van der Waals surface area contributed by atoms with Crippen molar-refractivity contribution in [2.75, 3.05) is 0 Å². The molecule has 0 atom stereocenters. The normalized spacial score (nSPS) is 15.0. The van der Waals surface area contributed by atoms with E-state index in [1.807, 2.05) is 24.7 Å².